The van der Waals surface area contributed by atoms with Gasteiger partial charge in [-0.15, -0.1) is 0 Å². The highest BCUT2D eigenvalue weighted by atomic mass is 35.5. The normalized spacial score (nSPS) is 24.9. The lowest BCUT2D eigenvalue weighted by molar-refractivity contribution is -0.0206. The maximum absolute atomic E-state index is 11.8. The van der Waals surface area contributed by atoms with E-state index >= 15 is 0 Å². The molecule has 110 valence electrons. The molecule has 0 aromatic heterocycles. The summed E-state index contributed by atoms with van der Waals surface area (Å²) in [5.41, 5.74) is -0.217. The predicted molar refractivity (Wildman–Crippen MR) is 84.6 cm³/mol. The van der Waals surface area contributed by atoms with E-state index in [1.54, 1.807) is 36.0 Å². The number of para-hydroxylation sites is 1. The van der Waals surface area contributed by atoms with Crippen molar-refractivity contribution in [3.63, 3.8) is 0 Å². The van der Waals surface area contributed by atoms with Gasteiger partial charge >= 0.3 is 6.03 Å². The van der Waals surface area contributed by atoms with Gasteiger partial charge in [-0.1, -0.05) is 30.7 Å². The fourth-order valence-corrected chi connectivity index (χ4v) is 3.58. The second kappa shape index (κ2) is 6.70. The second-order valence-corrected chi connectivity index (χ2v) is 6.76. The van der Waals surface area contributed by atoms with E-state index in [1.807, 2.05) is 0 Å². The minimum absolute atomic E-state index is 0.216. The maximum Gasteiger partial charge on any atom is 0.319 e. The van der Waals surface area contributed by atoms with Gasteiger partial charge in [-0.05, 0) is 30.7 Å². The van der Waals surface area contributed by atoms with Crippen LogP contribution < -0.4 is 10.6 Å². The molecular weight excluding hydrogens is 296 g/mol. The number of halogens is 1. The van der Waals surface area contributed by atoms with Gasteiger partial charge in [0.05, 0.1) is 16.3 Å². The van der Waals surface area contributed by atoms with Crippen LogP contribution in [0.1, 0.15) is 19.8 Å². The van der Waals surface area contributed by atoms with Crippen LogP contribution in [-0.2, 0) is 0 Å². The van der Waals surface area contributed by atoms with Crippen LogP contribution in [0.3, 0.4) is 0 Å². The summed E-state index contributed by atoms with van der Waals surface area (Å²) in [7, 11) is 0. The minimum atomic E-state index is -0.779. The minimum Gasteiger partial charge on any atom is -0.387 e. The zero-order valence-corrected chi connectivity index (χ0v) is 12.9. The van der Waals surface area contributed by atoms with E-state index in [0.29, 0.717) is 10.7 Å². The van der Waals surface area contributed by atoms with Crippen molar-refractivity contribution in [2.75, 3.05) is 17.6 Å². The maximum atomic E-state index is 11.8. The van der Waals surface area contributed by atoms with Crippen molar-refractivity contribution in [3.8, 4) is 0 Å². The van der Waals surface area contributed by atoms with Gasteiger partial charge in [0.1, 0.15) is 0 Å². The molecule has 0 saturated heterocycles. The van der Waals surface area contributed by atoms with Crippen molar-refractivity contribution in [3.05, 3.63) is 29.3 Å². The first-order chi connectivity index (χ1) is 9.55. The first-order valence-electron chi connectivity index (χ1n) is 6.68. The second-order valence-electron chi connectivity index (χ2n) is 4.87. The summed E-state index contributed by atoms with van der Waals surface area (Å²) in [5, 5.41) is 16.5. The first kappa shape index (κ1) is 15.5. The SMILES string of the molecule is CCSC1CCC1(O)CNC(=O)Nc1ccccc1Cl. The average Bonchev–Trinajstić information content (AvgIpc) is 2.43. The Kier molecular flexibility index (Phi) is 5.18. The summed E-state index contributed by atoms with van der Waals surface area (Å²) >= 11 is 7.71. The van der Waals surface area contributed by atoms with E-state index in [4.69, 9.17) is 11.6 Å². The molecule has 2 unspecified atom stereocenters. The molecule has 1 saturated carbocycles. The molecule has 4 nitrogen and oxygen atoms in total. The molecule has 1 aromatic rings. The fraction of sp³-hybridized carbons (Fsp3) is 0.500. The number of nitrogens with one attached hydrogen (secondary N) is 2. The highest BCUT2D eigenvalue weighted by molar-refractivity contribution is 8.00. The molecule has 20 heavy (non-hydrogen) atoms. The zero-order valence-electron chi connectivity index (χ0n) is 11.4. The van der Waals surface area contributed by atoms with E-state index in [0.717, 1.165) is 18.6 Å². The summed E-state index contributed by atoms with van der Waals surface area (Å²) in [5.74, 6) is 0.971. The van der Waals surface area contributed by atoms with Crippen molar-refractivity contribution >= 4 is 35.1 Å². The van der Waals surface area contributed by atoms with Crippen LogP contribution in [0.5, 0.6) is 0 Å². The van der Waals surface area contributed by atoms with Crippen LogP contribution >= 0.6 is 23.4 Å². The molecule has 6 heteroatoms. The van der Waals surface area contributed by atoms with E-state index < -0.39 is 5.60 Å². The summed E-state index contributed by atoms with van der Waals surface area (Å²) in [6.07, 6.45) is 1.74. The molecule has 0 radical (unpaired) electrons. The number of thioether (sulfide) groups is 1. The van der Waals surface area contributed by atoms with Crippen molar-refractivity contribution in [1.82, 2.24) is 5.32 Å². The van der Waals surface area contributed by atoms with Crippen molar-refractivity contribution in [1.29, 1.82) is 0 Å². The molecule has 3 N–H and O–H groups in total. The molecule has 1 aliphatic rings. The largest absolute Gasteiger partial charge is 0.387 e. The van der Waals surface area contributed by atoms with Crippen LogP contribution in [0.25, 0.3) is 0 Å². The number of benzene rings is 1. The number of amides is 2. The summed E-state index contributed by atoms with van der Waals surface area (Å²) < 4.78 is 0. The Labute approximate surface area is 128 Å². The van der Waals surface area contributed by atoms with Gasteiger partial charge < -0.3 is 15.7 Å². The number of anilines is 1. The Hall–Kier alpha value is -0.910. The number of carbonyl (C=O) groups excluding carboxylic acids is 1. The Bertz CT molecular complexity index is 486. The average molecular weight is 315 g/mol. The smallest absolute Gasteiger partial charge is 0.319 e. The number of hydrogen-bond donors (Lipinski definition) is 3. The number of carbonyl (C=O) groups is 1. The summed E-state index contributed by atoms with van der Waals surface area (Å²) in [6, 6.07) is 6.70. The van der Waals surface area contributed by atoms with E-state index in [1.165, 1.54) is 0 Å². The van der Waals surface area contributed by atoms with Crippen molar-refractivity contribution in [2.45, 2.75) is 30.6 Å². The van der Waals surface area contributed by atoms with Crippen LogP contribution in [0.15, 0.2) is 24.3 Å². The Morgan fingerprint density at radius 3 is 2.90 bits per heavy atom. The Morgan fingerprint density at radius 2 is 2.30 bits per heavy atom. The van der Waals surface area contributed by atoms with Gasteiger partial charge in [0, 0.05) is 11.8 Å². The lowest BCUT2D eigenvalue weighted by Gasteiger charge is -2.44. The van der Waals surface area contributed by atoms with Crippen molar-refractivity contribution in [2.24, 2.45) is 0 Å². The molecule has 0 aliphatic heterocycles. The third-order valence-electron chi connectivity index (χ3n) is 3.48. The third-order valence-corrected chi connectivity index (χ3v) is 5.22. The summed E-state index contributed by atoms with van der Waals surface area (Å²) in [4.78, 5) is 11.8. The van der Waals surface area contributed by atoms with E-state index in [-0.39, 0.29) is 17.8 Å². The van der Waals surface area contributed by atoms with E-state index in [9.17, 15) is 9.90 Å². The topological polar surface area (TPSA) is 61.4 Å². The number of aliphatic hydroxyl groups is 1. The monoisotopic (exact) mass is 314 g/mol. The molecule has 2 amide bonds. The lowest BCUT2D eigenvalue weighted by atomic mass is 9.79. The van der Waals surface area contributed by atoms with E-state index in [2.05, 4.69) is 17.6 Å². The summed E-state index contributed by atoms with van der Waals surface area (Å²) in [6.45, 7) is 2.34. The van der Waals surface area contributed by atoms with Gasteiger partial charge in [-0.2, -0.15) is 11.8 Å². The van der Waals surface area contributed by atoms with Gasteiger partial charge in [-0.3, -0.25) is 0 Å². The van der Waals surface area contributed by atoms with Crippen LogP contribution in [0, 0.1) is 0 Å². The zero-order chi connectivity index (χ0) is 14.6. The molecule has 2 atom stereocenters. The van der Waals surface area contributed by atoms with Gasteiger partial charge in [-0.25, -0.2) is 4.79 Å². The molecule has 2 rings (SSSR count). The van der Waals surface area contributed by atoms with Crippen LogP contribution in [0.4, 0.5) is 10.5 Å². The molecular formula is C14H19ClN2O2S. The lowest BCUT2D eigenvalue weighted by Crippen LogP contribution is -2.57. The predicted octanol–water partition coefficient (Wildman–Crippen LogP) is 3.11. The van der Waals surface area contributed by atoms with Gasteiger partial charge in [0.25, 0.3) is 0 Å². The standard InChI is InChI=1S/C14H19ClN2O2S/c1-2-20-12-7-8-14(12,19)9-16-13(18)17-11-6-4-3-5-10(11)15/h3-6,12,19H,2,7-9H2,1H3,(H2,16,17,18). The van der Waals surface area contributed by atoms with Gasteiger partial charge in [0.2, 0.25) is 0 Å². The fourth-order valence-electron chi connectivity index (χ4n) is 2.20. The number of urea groups is 1. The molecule has 1 aromatic carbocycles. The molecule has 1 fully saturated rings. The molecule has 0 spiro atoms. The molecule has 0 heterocycles. The number of rotatable bonds is 5. The first-order valence-corrected chi connectivity index (χ1v) is 8.11. The Balaban J connectivity index is 1.82. The number of hydrogen-bond acceptors (Lipinski definition) is 3. The Morgan fingerprint density at radius 1 is 1.55 bits per heavy atom. The quantitative estimate of drug-likeness (QED) is 0.782. The van der Waals surface area contributed by atoms with Crippen LogP contribution in [-0.4, -0.2) is 34.3 Å². The van der Waals surface area contributed by atoms with Gasteiger partial charge in [0.15, 0.2) is 0 Å². The third kappa shape index (κ3) is 3.59. The highest BCUT2D eigenvalue weighted by Crippen LogP contribution is 2.40. The molecule has 1 aliphatic carbocycles. The van der Waals surface area contributed by atoms with Crippen LogP contribution in [0.2, 0.25) is 5.02 Å². The molecule has 0 bridgehead atoms. The highest BCUT2D eigenvalue weighted by Gasteiger charge is 2.45. The van der Waals surface area contributed by atoms with Crippen molar-refractivity contribution < 1.29 is 9.90 Å².